The van der Waals surface area contributed by atoms with E-state index in [0.717, 1.165) is 65.6 Å². The van der Waals surface area contributed by atoms with Crippen molar-refractivity contribution in [3.8, 4) is 28.4 Å². The van der Waals surface area contributed by atoms with Crippen LogP contribution in [0.4, 0.5) is 15.7 Å². The zero-order valence-corrected chi connectivity index (χ0v) is 57.1. The lowest BCUT2D eigenvalue weighted by molar-refractivity contribution is -0.271. The van der Waals surface area contributed by atoms with Crippen molar-refractivity contribution in [1.82, 2.24) is 30.0 Å². The first-order valence-electron chi connectivity index (χ1n) is 32.4. The molecule has 5 fully saturated rings. The molecule has 8 atom stereocenters. The van der Waals surface area contributed by atoms with E-state index in [1.807, 2.05) is 46.8 Å². The van der Waals surface area contributed by atoms with Gasteiger partial charge in [0.15, 0.2) is 16.9 Å². The van der Waals surface area contributed by atoms with Gasteiger partial charge in [0.25, 0.3) is 16.0 Å². The van der Waals surface area contributed by atoms with Crippen LogP contribution < -0.4 is 35.5 Å². The molecule has 12 rings (SSSR count). The number of nitrogens with one attached hydrogen (secondary N) is 2. The third-order valence-corrected chi connectivity index (χ3v) is 20.8. The number of aliphatic hydroxyl groups is 3. The van der Waals surface area contributed by atoms with Crippen LogP contribution in [0.5, 0.6) is 17.2 Å². The number of nitrogens with zero attached hydrogens (tertiary/aromatic N) is 6. The molecule has 534 valence electrons. The minimum absolute atomic E-state index is 0.0428. The van der Waals surface area contributed by atoms with Crippen LogP contribution in [0.25, 0.3) is 21.3 Å². The number of nitrogens with two attached hydrogens (primary N) is 1. The molecular weight excluding hydrogens is 1330 g/mol. The molecule has 3 aromatic carbocycles. The fraction of sp³-hybridized carbons (Fsp3) is 0.522. The number of aliphatic carboxylic acids is 1. The smallest absolute Gasteiger partial charge is 0.410 e. The van der Waals surface area contributed by atoms with Crippen LogP contribution in [0.3, 0.4) is 0 Å². The zero-order chi connectivity index (χ0) is 70.8. The number of carbonyl (C=O) groups excluding carboxylic acids is 3. The first kappa shape index (κ1) is 72.1. The number of hydrogen-bond acceptors (Lipinski definition) is 24. The molecule has 32 heteroatoms. The van der Waals surface area contributed by atoms with Crippen molar-refractivity contribution in [3.63, 3.8) is 0 Å². The Kier molecular flexibility index (Phi) is 21.5. The molecule has 6 aromatic rings. The predicted molar refractivity (Wildman–Crippen MR) is 356 cm³/mol. The molecule has 4 bridgehead atoms. The van der Waals surface area contributed by atoms with Crippen LogP contribution in [0.1, 0.15) is 95.6 Å². The quantitative estimate of drug-likeness (QED) is 0.0216. The molecule has 30 nitrogen and oxygen atoms in total. The molecule has 3 unspecified atom stereocenters. The second kappa shape index (κ2) is 29.6. The minimum Gasteiger partial charge on any atom is -0.496 e. The number of pyridine rings is 1. The van der Waals surface area contributed by atoms with Crippen LogP contribution in [-0.2, 0) is 69.5 Å². The molecule has 0 spiro atoms. The maximum atomic E-state index is 14.1. The maximum absolute atomic E-state index is 14.1. The topological polar surface area (TPSA) is 415 Å². The van der Waals surface area contributed by atoms with E-state index in [4.69, 9.17) is 58.3 Å². The summed E-state index contributed by atoms with van der Waals surface area (Å²) in [7, 11) is -1.39. The van der Waals surface area contributed by atoms with Gasteiger partial charge in [0, 0.05) is 86.0 Å². The minimum atomic E-state index is -4.50. The lowest BCUT2D eigenvalue weighted by Gasteiger charge is -2.69. The lowest BCUT2D eigenvalue weighted by Crippen LogP contribution is -2.64. The van der Waals surface area contributed by atoms with E-state index in [0.29, 0.717) is 58.5 Å². The standard InChI is InChI=1S/C67H83N9O21S2/c1-38-44(42-13-15-51(72-52(42)59(82)83)75-18-16-41-45(28-75)43(12-14-48(41)91-5)57(80)73-62-71-47-8-6-7-9-50(47)98-62)27-70-76(38)37-66-32-64(2)31-65(3,33-66)35-67(34-64,36-66)95-23-20-74(19-22-90-4)63(86)94-29-39-10-11-40(96-61-55(79)53(77)54(78)56(97-61)60(84)85)26-49(39)93-25-24-92-21-17-69-58(81)46(68)30-99(87,88)89/h6-15,26-27,46,53-56,61,77-79H,16-25,28-37,68H2,1-5H3,(H,69,81)(H,82,83)(H,84,85)(H,71,73,80)(H,87,88,89)/t46?,53-,54-,55+,56-,61+,64?,65?,66?,67?/m0/s1. The number of anilines is 2. The van der Waals surface area contributed by atoms with Crippen LogP contribution in [-0.4, -0.2) is 215 Å². The molecule has 10 N–H and O–H groups in total. The number of para-hydroxylation sites is 1. The van der Waals surface area contributed by atoms with E-state index in [9.17, 15) is 57.9 Å². The van der Waals surface area contributed by atoms with Gasteiger partial charge in [-0.15, -0.1) is 0 Å². The van der Waals surface area contributed by atoms with Crippen molar-refractivity contribution in [3.05, 3.63) is 107 Å². The number of aromatic carboxylic acids is 1. The first-order chi connectivity index (χ1) is 47.1. The highest BCUT2D eigenvalue weighted by atomic mass is 32.2. The van der Waals surface area contributed by atoms with Crippen molar-refractivity contribution in [2.75, 3.05) is 89.4 Å². The summed E-state index contributed by atoms with van der Waals surface area (Å²) in [6.45, 7) is 7.84. The Morgan fingerprint density at radius 3 is 2.32 bits per heavy atom. The van der Waals surface area contributed by atoms with Crippen LogP contribution in [0.2, 0.25) is 0 Å². The van der Waals surface area contributed by atoms with Gasteiger partial charge in [0.1, 0.15) is 60.6 Å². The average molecular weight is 1410 g/mol. The van der Waals surface area contributed by atoms with E-state index in [-0.39, 0.29) is 105 Å². The number of amides is 3. The highest BCUT2D eigenvalue weighted by Gasteiger charge is 2.66. The Labute approximate surface area is 574 Å². The number of methoxy groups -OCH3 is 2. The fourth-order valence-corrected chi connectivity index (χ4v) is 17.4. The van der Waals surface area contributed by atoms with Gasteiger partial charge in [-0.1, -0.05) is 37.3 Å². The van der Waals surface area contributed by atoms with E-state index in [2.05, 4.69) is 29.5 Å². The van der Waals surface area contributed by atoms with Crippen molar-refractivity contribution in [1.29, 1.82) is 0 Å². The number of carbonyl (C=O) groups is 5. The summed E-state index contributed by atoms with van der Waals surface area (Å²) in [5, 5.41) is 62.5. The number of carboxylic acids is 2. The monoisotopic (exact) mass is 1410 g/mol. The van der Waals surface area contributed by atoms with E-state index in [1.54, 1.807) is 31.5 Å². The average Bonchev–Trinajstić information content (AvgIpc) is 0.845. The molecule has 3 amide bonds. The third kappa shape index (κ3) is 16.4. The zero-order valence-electron chi connectivity index (χ0n) is 55.4. The van der Waals surface area contributed by atoms with Gasteiger partial charge >= 0.3 is 18.0 Å². The molecule has 0 radical (unpaired) electrons. The second-order valence-electron chi connectivity index (χ2n) is 27.0. The SMILES string of the molecule is COCCN(CCOC12CC3(C)CC(C)(CC(Cn4ncc(-c5ccc(N6CCc7c(OC)ccc(C(=O)Nc8nc9ccccc9s8)c7C6)nc5C(=O)O)c4C)(C3)C1)C2)C(=O)OCc1ccc(O[C@@H]2O[C@H](C(=O)O)[C@@H](O)[C@H](O)[C@H]2O)cc1OCCOCCNC(=O)C(N)CS(=O)(=O)O. The molecule has 4 saturated carbocycles. The van der Waals surface area contributed by atoms with Gasteiger partial charge in [0.2, 0.25) is 12.2 Å². The molecule has 3 aromatic heterocycles. The van der Waals surface area contributed by atoms with E-state index < -0.39 is 82.2 Å². The Morgan fingerprint density at radius 2 is 1.61 bits per heavy atom. The van der Waals surface area contributed by atoms with Crippen molar-refractivity contribution >= 4 is 72.5 Å². The third-order valence-electron chi connectivity index (χ3n) is 19.1. The van der Waals surface area contributed by atoms with Gasteiger partial charge in [-0.3, -0.25) is 24.1 Å². The molecule has 4 aliphatic carbocycles. The van der Waals surface area contributed by atoms with Gasteiger partial charge in [-0.05, 0) is 122 Å². The molecule has 5 heterocycles. The van der Waals surface area contributed by atoms with Gasteiger partial charge in [-0.25, -0.2) is 24.4 Å². The van der Waals surface area contributed by atoms with Crippen LogP contribution in [0, 0.1) is 23.2 Å². The molecular formula is C67H83N9O21S2. The fourth-order valence-electron chi connectivity index (χ4n) is 15.9. The van der Waals surface area contributed by atoms with Crippen molar-refractivity contribution in [2.45, 2.75) is 128 Å². The number of aliphatic hydroxyl groups excluding tert-OH is 3. The summed E-state index contributed by atoms with van der Waals surface area (Å²) in [4.78, 5) is 78.2. The first-order valence-corrected chi connectivity index (χ1v) is 34.8. The number of rotatable bonds is 30. The van der Waals surface area contributed by atoms with E-state index >= 15 is 0 Å². The van der Waals surface area contributed by atoms with Crippen LogP contribution in [0.15, 0.2) is 72.9 Å². The summed E-state index contributed by atoms with van der Waals surface area (Å²) in [5.74, 6) is -3.80. The Bertz CT molecular complexity index is 4060. The maximum Gasteiger partial charge on any atom is 0.410 e. The number of benzene rings is 3. The summed E-state index contributed by atoms with van der Waals surface area (Å²) in [6, 6.07) is 17.5. The number of fused-ring (bicyclic) bond motifs is 2. The van der Waals surface area contributed by atoms with Crippen molar-refractivity contribution in [2.24, 2.45) is 22.0 Å². The normalized spacial score (nSPS) is 25.0. The van der Waals surface area contributed by atoms with Crippen LogP contribution >= 0.6 is 11.3 Å². The highest BCUT2D eigenvalue weighted by Crippen LogP contribution is 2.72. The van der Waals surface area contributed by atoms with Gasteiger partial charge in [-0.2, -0.15) is 13.5 Å². The summed E-state index contributed by atoms with van der Waals surface area (Å²) in [5.41, 5.74) is 9.50. The number of ether oxygens (including phenoxy) is 8. The summed E-state index contributed by atoms with van der Waals surface area (Å²) >= 11 is 1.38. The highest BCUT2D eigenvalue weighted by molar-refractivity contribution is 7.85. The molecule has 2 aliphatic heterocycles. The number of thiazole rings is 1. The number of hydrogen-bond donors (Lipinski definition) is 9. The summed E-state index contributed by atoms with van der Waals surface area (Å²) < 4.78 is 81.1. The lowest BCUT2D eigenvalue weighted by atomic mass is 9.39. The largest absolute Gasteiger partial charge is 0.496 e. The number of carboxylic acid groups (broad SMARTS) is 2. The van der Waals surface area contributed by atoms with Gasteiger partial charge < -0.3 is 84.3 Å². The predicted octanol–water partition coefficient (Wildman–Crippen LogP) is 4.80. The Balaban J connectivity index is 0.745. The molecule has 99 heavy (non-hydrogen) atoms. The van der Waals surface area contributed by atoms with Gasteiger partial charge in [0.05, 0.1) is 61.3 Å². The Morgan fingerprint density at radius 1 is 0.848 bits per heavy atom. The molecule has 1 saturated heterocycles. The number of aromatic nitrogens is 4. The molecule has 6 aliphatic rings. The van der Waals surface area contributed by atoms with E-state index in [1.165, 1.54) is 41.5 Å². The second-order valence-corrected chi connectivity index (χ2v) is 29.6. The van der Waals surface area contributed by atoms with Crippen molar-refractivity contribution < 1.29 is 100 Å². The Hall–Kier alpha value is -8.15. The summed E-state index contributed by atoms with van der Waals surface area (Å²) in [6.07, 6.45) is -2.75.